The molecule has 3 aliphatic carbocycles. The molecule has 3 saturated carbocycles. The maximum Gasteiger partial charge on any atom is 0.310 e. The summed E-state index contributed by atoms with van der Waals surface area (Å²) in [5.74, 6) is -0.0757. The summed E-state index contributed by atoms with van der Waals surface area (Å²) in [6, 6.07) is 7.57. The van der Waals surface area contributed by atoms with Crippen LogP contribution in [0.1, 0.15) is 39.5 Å². The van der Waals surface area contributed by atoms with E-state index in [1.165, 1.54) is 0 Å². The van der Waals surface area contributed by atoms with E-state index < -0.39 is 0 Å². The van der Waals surface area contributed by atoms with E-state index in [1.807, 2.05) is 38.1 Å². The normalized spacial score (nSPS) is 31.4. The number of hydrogen-bond donors (Lipinski definition) is 1. The van der Waals surface area contributed by atoms with Crippen LogP contribution in [0, 0.1) is 29.1 Å². The van der Waals surface area contributed by atoms with Crippen molar-refractivity contribution < 1.29 is 14.3 Å². The van der Waals surface area contributed by atoms with Crippen LogP contribution in [0.4, 0.5) is 5.69 Å². The van der Waals surface area contributed by atoms with Gasteiger partial charge in [-0.05, 0) is 81.0 Å². The molecule has 0 heterocycles. The zero-order valence-corrected chi connectivity index (χ0v) is 16.2. The highest BCUT2D eigenvalue weighted by atomic mass is 79.9. The Morgan fingerprint density at radius 2 is 1.72 bits per heavy atom. The van der Waals surface area contributed by atoms with Gasteiger partial charge in [-0.3, -0.25) is 9.59 Å². The van der Waals surface area contributed by atoms with Crippen LogP contribution in [0.2, 0.25) is 0 Å². The van der Waals surface area contributed by atoms with Crippen LogP contribution in [-0.2, 0) is 14.3 Å². The van der Waals surface area contributed by atoms with E-state index in [1.54, 1.807) is 0 Å². The molecule has 4 nitrogen and oxygen atoms in total. The second kappa shape index (κ2) is 6.11. The molecule has 3 fully saturated rings. The summed E-state index contributed by atoms with van der Waals surface area (Å²) in [7, 11) is 0. The van der Waals surface area contributed by atoms with E-state index >= 15 is 0 Å². The molecule has 4 atom stereocenters. The first-order chi connectivity index (χ1) is 11.9. The van der Waals surface area contributed by atoms with Gasteiger partial charge in [-0.1, -0.05) is 15.9 Å². The van der Waals surface area contributed by atoms with Gasteiger partial charge in [0, 0.05) is 10.2 Å². The van der Waals surface area contributed by atoms with Crippen LogP contribution in [0.25, 0.3) is 0 Å². The van der Waals surface area contributed by atoms with Crippen molar-refractivity contribution in [1.29, 1.82) is 0 Å². The number of rotatable bonds is 4. The van der Waals surface area contributed by atoms with Gasteiger partial charge in [0.2, 0.25) is 5.91 Å². The fourth-order valence-corrected chi connectivity index (χ4v) is 5.66. The van der Waals surface area contributed by atoms with E-state index in [0.717, 1.165) is 35.8 Å². The minimum atomic E-state index is -0.279. The molecule has 0 saturated heterocycles. The lowest BCUT2D eigenvalue weighted by molar-refractivity contribution is -0.158. The van der Waals surface area contributed by atoms with Gasteiger partial charge in [0.15, 0.2) is 0 Å². The van der Waals surface area contributed by atoms with Gasteiger partial charge in [-0.2, -0.15) is 0 Å². The zero-order chi connectivity index (χ0) is 17.8. The first-order valence-corrected chi connectivity index (χ1v) is 9.98. The quantitative estimate of drug-likeness (QED) is 0.755. The van der Waals surface area contributed by atoms with Gasteiger partial charge in [0.25, 0.3) is 0 Å². The Morgan fingerprint density at radius 1 is 1.12 bits per heavy atom. The lowest BCUT2D eigenvalue weighted by Gasteiger charge is -2.29. The van der Waals surface area contributed by atoms with Crippen molar-refractivity contribution in [3.63, 3.8) is 0 Å². The predicted octanol–water partition coefficient (Wildman–Crippen LogP) is 4.39. The number of benzene rings is 1. The molecule has 0 radical (unpaired) electrons. The summed E-state index contributed by atoms with van der Waals surface area (Å²) >= 11 is 3.41. The molecule has 2 bridgehead atoms. The number of ether oxygens (including phenoxy) is 1. The fourth-order valence-electron chi connectivity index (χ4n) is 5.40. The minimum Gasteiger partial charge on any atom is -0.463 e. The van der Waals surface area contributed by atoms with Gasteiger partial charge < -0.3 is 10.1 Å². The fraction of sp³-hybridized carbons (Fsp3) is 0.600. The average molecular weight is 406 g/mol. The van der Waals surface area contributed by atoms with Crippen LogP contribution < -0.4 is 5.32 Å². The average Bonchev–Trinajstić information content (AvgIpc) is 3.22. The number of anilines is 1. The number of hydrogen-bond acceptors (Lipinski definition) is 3. The molecule has 25 heavy (non-hydrogen) atoms. The Bertz CT molecular complexity index is 695. The lowest BCUT2D eigenvalue weighted by Crippen LogP contribution is -2.39. The van der Waals surface area contributed by atoms with Crippen LogP contribution in [0.15, 0.2) is 28.7 Å². The minimum absolute atomic E-state index is 0.0218. The van der Waals surface area contributed by atoms with Gasteiger partial charge in [0.05, 0.1) is 17.9 Å². The van der Waals surface area contributed by atoms with Crippen LogP contribution in [0.3, 0.4) is 0 Å². The van der Waals surface area contributed by atoms with Gasteiger partial charge >= 0.3 is 5.97 Å². The van der Waals surface area contributed by atoms with E-state index in [-0.39, 0.29) is 35.2 Å². The van der Waals surface area contributed by atoms with E-state index in [2.05, 4.69) is 21.2 Å². The molecule has 1 aromatic carbocycles. The summed E-state index contributed by atoms with van der Waals surface area (Å²) in [6.45, 7) is 3.74. The van der Waals surface area contributed by atoms with Gasteiger partial charge in [0.1, 0.15) is 0 Å². The van der Waals surface area contributed by atoms with Crippen LogP contribution in [0.5, 0.6) is 0 Å². The Morgan fingerprint density at radius 3 is 2.28 bits per heavy atom. The largest absolute Gasteiger partial charge is 0.463 e. The second-order valence-corrected chi connectivity index (χ2v) is 8.97. The molecule has 3 aliphatic rings. The molecule has 1 spiro atoms. The number of amides is 1. The molecule has 1 amide bonds. The molecular weight excluding hydrogens is 382 g/mol. The van der Waals surface area contributed by atoms with E-state index in [4.69, 9.17) is 4.74 Å². The van der Waals surface area contributed by atoms with Crippen molar-refractivity contribution in [1.82, 2.24) is 0 Å². The smallest absolute Gasteiger partial charge is 0.310 e. The number of carbonyl (C=O) groups excluding carboxylic acids is 2. The third kappa shape index (κ3) is 2.80. The van der Waals surface area contributed by atoms with Crippen LogP contribution >= 0.6 is 15.9 Å². The Balaban J connectivity index is 1.58. The summed E-state index contributed by atoms with van der Waals surface area (Å²) in [5.41, 5.74) is 1.01. The predicted molar refractivity (Wildman–Crippen MR) is 98.9 cm³/mol. The van der Waals surface area contributed by atoms with E-state index in [0.29, 0.717) is 11.8 Å². The summed E-state index contributed by atoms with van der Waals surface area (Å²) in [4.78, 5) is 25.8. The molecule has 1 N–H and O–H groups in total. The Labute approximate surface area is 156 Å². The second-order valence-electron chi connectivity index (χ2n) is 8.06. The molecule has 4 unspecified atom stereocenters. The van der Waals surface area contributed by atoms with Gasteiger partial charge in [-0.25, -0.2) is 0 Å². The monoisotopic (exact) mass is 405 g/mol. The van der Waals surface area contributed by atoms with E-state index in [9.17, 15) is 9.59 Å². The molecule has 0 aliphatic heterocycles. The standard InChI is InChI=1S/C20H24BrNO3/c1-11(2)25-19(24)17-15-8-7-14(20(15)9-10-20)16(17)18(23)22-13-5-3-12(21)4-6-13/h3-6,11,14-17H,7-10H2,1-2H3,(H,22,23). The highest BCUT2D eigenvalue weighted by molar-refractivity contribution is 9.10. The summed E-state index contributed by atoms with van der Waals surface area (Å²) < 4.78 is 6.50. The van der Waals surface area contributed by atoms with Crippen LogP contribution in [-0.4, -0.2) is 18.0 Å². The lowest BCUT2D eigenvalue weighted by atomic mass is 9.78. The molecule has 1 aromatic rings. The summed E-state index contributed by atoms with van der Waals surface area (Å²) in [6.07, 6.45) is 4.31. The number of halogens is 1. The van der Waals surface area contributed by atoms with Crippen molar-refractivity contribution in [3.05, 3.63) is 28.7 Å². The first-order valence-electron chi connectivity index (χ1n) is 9.19. The third-order valence-electron chi connectivity index (χ3n) is 6.39. The van der Waals surface area contributed by atoms with Crippen molar-refractivity contribution in [2.45, 2.75) is 45.6 Å². The maximum atomic E-state index is 13.1. The number of carbonyl (C=O) groups is 2. The molecule has 5 heteroatoms. The molecule has 4 rings (SSSR count). The topological polar surface area (TPSA) is 55.4 Å². The molecule has 134 valence electrons. The van der Waals surface area contributed by atoms with Crippen molar-refractivity contribution in [2.24, 2.45) is 29.1 Å². The van der Waals surface area contributed by atoms with Crippen molar-refractivity contribution in [2.75, 3.05) is 5.32 Å². The van der Waals surface area contributed by atoms with Crippen molar-refractivity contribution >= 4 is 33.5 Å². The zero-order valence-electron chi connectivity index (χ0n) is 14.6. The molecule has 0 aromatic heterocycles. The Kier molecular flexibility index (Phi) is 4.18. The Hall–Kier alpha value is -1.36. The first kappa shape index (κ1) is 17.1. The highest BCUT2D eigenvalue weighted by Crippen LogP contribution is 2.74. The number of esters is 1. The third-order valence-corrected chi connectivity index (χ3v) is 6.91. The van der Waals surface area contributed by atoms with Gasteiger partial charge in [-0.15, -0.1) is 0 Å². The number of nitrogens with one attached hydrogen (secondary N) is 1. The van der Waals surface area contributed by atoms with Crippen molar-refractivity contribution in [3.8, 4) is 0 Å². The summed E-state index contributed by atoms with van der Waals surface area (Å²) in [5, 5.41) is 3.03. The molecular formula is C20H24BrNO3. The SMILES string of the molecule is CC(C)OC(=O)C1C(C(=O)Nc2ccc(Br)cc2)C2CCC1C21CC1. The highest BCUT2D eigenvalue weighted by Gasteiger charge is 2.72. The maximum absolute atomic E-state index is 13.1.